The highest BCUT2D eigenvalue weighted by molar-refractivity contribution is 6.31. The van der Waals surface area contributed by atoms with E-state index < -0.39 is 58.1 Å². The first kappa shape index (κ1) is 59.8. The molecule has 8 atom stereocenters. The van der Waals surface area contributed by atoms with Crippen LogP contribution in [0.1, 0.15) is 175 Å². The Morgan fingerprint density at radius 2 is 0.872 bits per heavy atom. The lowest BCUT2D eigenvalue weighted by atomic mass is 9.67. The van der Waals surface area contributed by atoms with E-state index in [1.807, 2.05) is 109 Å². The molecule has 0 radical (unpaired) electrons. The van der Waals surface area contributed by atoms with E-state index in [9.17, 15) is 39.6 Å². The third kappa shape index (κ3) is 13.4. The fourth-order valence-electron chi connectivity index (χ4n) is 11.5. The molecule has 6 aromatic rings. The smallest absolute Gasteiger partial charge is 0.304 e. The van der Waals surface area contributed by atoms with Crippen molar-refractivity contribution in [3.63, 3.8) is 0 Å². The molecular weight excluding hydrogens is 1070 g/mol. The number of aliphatic carboxylic acids is 2. The van der Waals surface area contributed by atoms with Gasteiger partial charge in [0.05, 0.1) is 70.6 Å². The van der Waals surface area contributed by atoms with Gasteiger partial charge in [0.2, 0.25) is 11.8 Å². The normalized spacial score (nSPS) is 22.5. The maximum Gasteiger partial charge on any atom is 0.304 e. The summed E-state index contributed by atoms with van der Waals surface area (Å²) in [6.45, 7) is 14.1. The topological polar surface area (TPSA) is 181 Å². The summed E-state index contributed by atoms with van der Waals surface area (Å²) in [4.78, 5) is 66.2. The van der Waals surface area contributed by atoms with Crippen LogP contribution in [-0.2, 0) is 30.4 Å². The average Bonchev–Trinajstić information content (AvgIpc) is 3.37. The molecule has 2 amide bonds. The van der Waals surface area contributed by atoms with Crippen molar-refractivity contribution in [2.75, 3.05) is 0 Å². The number of rotatable bonds is 16. The number of hydrogen-bond acceptors (Lipinski definition) is 8. The lowest BCUT2D eigenvalue weighted by Crippen LogP contribution is -2.53. The van der Waals surface area contributed by atoms with Crippen LogP contribution in [0.4, 0.5) is 0 Å². The Kier molecular flexibility index (Phi) is 18.6. The number of carbonyl (C=O) groups is 4. The van der Waals surface area contributed by atoms with Gasteiger partial charge in [-0.2, -0.15) is 0 Å². The summed E-state index contributed by atoms with van der Waals surface area (Å²) in [7, 11) is 0. The van der Waals surface area contributed by atoms with Gasteiger partial charge in [-0.1, -0.05) is 135 Å². The maximum absolute atomic E-state index is 14.5. The average molecular weight is 1140 g/mol. The van der Waals surface area contributed by atoms with E-state index in [1.54, 1.807) is 90.1 Å². The van der Waals surface area contributed by atoms with Crippen molar-refractivity contribution in [1.29, 1.82) is 0 Å². The lowest BCUT2D eigenvalue weighted by Gasteiger charge is -2.51. The van der Waals surface area contributed by atoms with Crippen LogP contribution in [-0.4, -0.2) is 63.9 Å². The van der Waals surface area contributed by atoms with E-state index >= 15 is 0 Å². The molecular formula is C62H68Cl4N4O8. The number of likely N-dealkylation sites (tertiary alicyclic amines) is 2. The predicted octanol–water partition coefficient (Wildman–Crippen LogP) is 14.6. The van der Waals surface area contributed by atoms with Gasteiger partial charge in [-0.15, -0.1) is 0 Å². The van der Waals surface area contributed by atoms with Gasteiger partial charge >= 0.3 is 11.9 Å². The third-order valence-electron chi connectivity index (χ3n) is 15.2. The van der Waals surface area contributed by atoms with Gasteiger partial charge in [-0.25, -0.2) is 0 Å². The molecule has 8 rings (SSSR count). The van der Waals surface area contributed by atoms with E-state index in [0.717, 1.165) is 22.3 Å². The fraction of sp³-hybridized carbons (Fsp3) is 0.387. The zero-order chi connectivity index (χ0) is 57.1. The zero-order valence-corrected chi connectivity index (χ0v) is 48.2. The van der Waals surface area contributed by atoms with Crippen LogP contribution < -0.4 is 0 Å². The van der Waals surface area contributed by atoms with Crippen molar-refractivity contribution in [2.24, 2.45) is 10.8 Å². The Balaban J connectivity index is 0.000000226. The Labute approximate surface area is 477 Å². The molecule has 4 heterocycles. The van der Waals surface area contributed by atoms with Crippen LogP contribution in [0, 0.1) is 10.8 Å². The minimum Gasteiger partial charge on any atom is -0.481 e. The fourth-order valence-corrected chi connectivity index (χ4v) is 12.1. The van der Waals surface area contributed by atoms with Crippen LogP contribution in [0.2, 0.25) is 20.1 Å². The van der Waals surface area contributed by atoms with E-state index in [2.05, 4.69) is 0 Å². The summed E-state index contributed by atoms with van der Waals surface area (Å²) in [5.41, 5.74) is 1.19. The number of aromatic nitrogens is 2. The Morgan fingerprint density at radius 1 is 0.538 bits per heavy atom. The largest absolute Gasteiger partial charge is 0.481 e. The molecule has 0 spiro atoms. The number of halogens is 4. The molecule has 2 aliphatic heterocycles. The quantitative estimate of drug-likeness (QED) is 0.0728. The molecule has 4 N–H and O–H groups in total. The standard InChI is InChI=1S/2C31H34Cl2N2O4/c2*1-5-25(24-10-7-11-26(34-24)30(2,3)39)35-28(19-12-14-21(32)15-13-19)23(20-8-6-9-22(33)16-20)17-31(4,29(35)38)18-27(36)37/h2*6-16,23,25,28,39H,5,17-18H2,1-4H3,(H,36,37)/t23-,25+,28-,31-;23-,25-,28?,31-/m11/s1. The van der Waals surface area contributed by atoms with E-state index in [1.165, 1.54) is 0 Å². The summed E-state index contributed by atoms with van der Waals surface area (Å²) in [6.07, 6.45) is 1.11. The van der Waals surface area contributed by atoms with Gasteiger partial charge in [-0.05, 0) is 148 Å². The van der Waals surface area contributed by atoms with Gasteiger partial charge in [0, 0.05) is 31.9 Å². The first-order chi connectivity index (χ1) is 36.7. The molecule has 0 bridgehead atoms. The van der Waals surface area contributed by atoms with Crippen LogP contribution in [0.3, 0.4) is 0 Å². The minimum absolute atomic E-state index is 0.245. The summed E-state index contributed by atoms with van der Waals surface area (Å²) < 4.78 is 0. The van der Waals surface area contributed by atoms with Crippen molar-refractivity contribution in [3.8, 4) is 0 Å². The number of carboxylic acids is 2. The first-order valence-corrected chi connectivity index (χ1v) is 27.7. The van der Waals surface area contributed by atoms with Crippen LogP contribution in [0.15, 0.2) is 133 Å². The number of piperidine rings is 2. The van der Waals surface area contributed by atoms with Crippen LogP contribution in [0.5, 0.6) is 0 Å². The highest BCUT2D eigenvalue weighted by Crippen LogP contribution is 2.56. The highest BCUT2D eigenvalue weighted by atomic mass is 35.5. The first-order valence-electron chi connectivity index (χ1n) is 26.2. The van der Waals surface area contributed by atoms with Gasteiger partial charge < -0.3 is 30.2 Å². The molecule has 1 unspecified atom stereocenters. The Hall–Kier alpha value is -5.86. The zero-order valence-electron chi connectivity index (χ0n) is 45.1. The summed E-state index contributed by atoms with van der Waals surface area (Å²) in [6, 6.07) is 39.0. The SMILES string of the molecule is CC[C@@H](c1cccc(C(C)(C)O)n1)N1C(=O)[C@@](C)(CC(=O)O)C[C@H](c2cccc(Cl)c2)[C@H]1c1ccc(Cl)cc1.CC[C@H](c1cccc(C(C)(C)O)n1)N1C(=O)[C@@](C)(CC(=O)O)C[C@H](c2cccc(Cl)c2)C1c1ccc(Cl)cc1. The number of amides is 2. The third-order valence-corrected chi connectivity index (χ3v) is 16.2. The van der Waals surface area contributed by atoms with Crippen molar-refractivity contribution < 1.29 is 39.6 Å². The minimum atomic E-state index is -1.17. The molecule has 4 aromatic carbocycles. The summed E-state index contributed by atoms with van der Waals surface area (Å²) in [5, 5.41) is 43.3. The number of aliphatic hydroxyl groups is 2. The predicted molar refractivity (Wildman–Crippen MR) is 305 cm³/mol. The Bertz CT molecular complexity index is 2920. The molecule has 16 heteroatoms. The van der Waals surface area contributed by atoms with Gasteiger partial charge in [0.1, 0.15) is 11.2 Å². The summed E-state index contributed by atoms with van der Waals surface area (Å²) in [5.74, 6) is -3.06. The Morgan fingerprint density at radius 3 is 1.17 bits per heavy atom. The van der Waals surface area contributed by atoms with Crippen LogP contribution >= 0.6 is 46.4 Å². The maximum atomic E-state index is 14.5. The monoisotopic (exact) mass is 1140 g/mol. The van der Waals surface area contributed by atoms with Gasteiger partial charge in [-0.3, -0.25) is 29.1 Å². The number of benzene rings is 4. The molecule has 0 saturated carbocycles. The molecule has 412 valence electrons. The second-order valence-electron chi connectivity index (χ2n) is 22.3. The number of carbonyl (C=O) groups excluding carboxylic acids is 2. The van der Waals surface area contributed by atoms with Gasteiger partial charge in [0.15, 0.2) is 0 Å². The second kappa shape index (κ2) is 24.2. The van der Waals surface area contributed by atoms with Crippen molar-refractivity contribution in [3.05, 3.63) is 199 Å². The van der Waals surface area contributed by atoms with E-state index in [0.29, 0.717) is 68.5 Å². The van der Waals surface area contributed by atoms with Gasteiger partial charge in [0.25, 0.3) is 0 Å². The second-order valence-corrected chi connectivity index (χ2v) is 24.0. The summed E-state index contributed by atoms with van der Waals surface area (Å²) >= 11 is 25.3. The van der Waals surface area contributed by atoms with Crippen molar-refractivity contribution in [2.45, 2.75) is 141 Å². The van der Waals surface area contributed by atoms with E-state index in [4.69, 9.17) is 56.4 Å². The van der Waals surface area contributed by atoms with Crippen LogP contribution in [0.25, 0.3) is 0 Å². The molecule has 2 saturated heterocycles. The molecule has 2 aromatic heterocycles. The van der Waals surface area contributed by atoms with E-state index in [-0.39, 0.29) is 36.5 Å². The number of nitrogens with zero attached hydrogens (tertiary/aromatic N) is 4. The van der Waals surface area contributed by atoms with Crippen molar-refractivity contribution in [1.82, 2.24) is 19.8 Å². The molecule has 12 nitrogen and oxygen atoms in total. The molecule has 78 heavy (non-hydrogen) atoms. The molecule has 0 aliphatic carbocycles. The number of pyridine rings is 2. The highest BCUT2D eigenvalue weighted by Gasteiger charge is 2.54. The molecule has 2 fully saturated rings. The van der Waals surface area contributed by atoms with Crippen molar-refractivity contribution >= 4 is 70.2 Å². The number of hydrogen-bond donors (Lipinski definition) is 4. The molecule has 2 aliphatic rings. The lowest BCUT2D eigenvalue weighted by molar-refractivity contribution is -0.161. The number of carboxylic acid groups (broad SMARTS) is 2.